The summed E-state index contributed by atoms with van der Waals surface area (Å²) in [6.07, 6.45) is 2.06. The van der Waals surface area contributed by atoms with Gasteiger partial charge >= 0.3 is 0 Å². The second kappa shape index (κ2) is 7.09. The van der Waals surface area contributed by atoms with Crippen molar-refractivity contribution >= 4 is 21.6 Å². The van der Waals surface area contributed by atoms with Crippen molar-refractivity contribution in [1.29, 1.82) is 0 Å². The van der Waals surface area contributed by atoms with Crippen molar-refractivity contribution < 1.29 is 8.42 Å². The second-order valence-corrected chi connectivity index (χ2v) is 8.00. The zero-order valence-electron chi connectivity index (χ0n) is 12.5. The zero-order valence-corrected chi connectivity index (χ0v) is 14.1. The molecular weight excluding hydrogens is 308 g/mol. The van der Waals surface area contributed by atoms with E-state index in [1.54, 1.807) is 18.2 Å². The lowest BCUT2D eigenvalue weighted by Gasteiger charge is -2.34. The molecule has 0 bridgehead atoms. The third-order valence-corrected chi connectivity index (χ3v) is 5.99. The summed E-state index contributed by atoms with van der Waals surface area (Å²) in [5.41, 5.74) is 0. The smallest absolute Gasteiger partial charge is 0.242 e. The summed E-state index contributed by atoms with van der Waals surface area (Å²) in [5, 5.41) is 0.264. The predicted octanol–water partition coefficient (Wildman–Crippen LogP) is 2.74. The number of sulfonamides is 1. The standard InChI is InChI=1S/C15H23ClN2O2S/c1-12(2)18-9-7-13(8-10-18)11-17-21(19,20)15-6-4-3-5-14(15)16/h3-6,12-13,17H,7-11H2,1-2H3. The van der Waals surface area contributed by atoms with Crippen LogP contribution in [0, 0.1) is 5.92 Å². The molecule has 4 nitrogen and oxygen atoms in total. The highest BCUT2D eigenvalue weighted by atomic mass is 35.5. The summed E-state index contributed by atoms with van der Waals surface area (Å²) < 4.78 is 27.2. The second-order valence-electron chi connectivity index (χ2n) is 5.86. The van der Waals surface area contributed by atoms with Crippen LogP contribution in [-0.2, 0) is 10.0 Å². The molecule has 118 valence electrons. The van der Waals surface area contributed by atoms with Crippen molar-refractivity contribution in [2.45, 2.75) is 37.6 Å². The molecule has 21 heavy (non-hydrogen) atoms. The molecule has 1 fully saturated rings. The number of nitrogens with one attached hydrogen (secondary N) is 1. The Labute approximate surface area is 132 Å². The minimum Gasteiger partial charge on any atom is -0.301 e. The van der Waals surface area contributed by atoms with E-state index in [1.165, 1.54) is 6.07 Å². The van der Waals surface area contributed by atoms with Crippen LogP contribution in [0.3, 0.4) is 0 Å². The normalized spacial score (nSPS) is 18.3. The molecule has 0 aliphatic carbocycles. The van der Waals surface area contributed by atoms with Crippen LogP contribution < -0.4 is 4.72 Å². The summed E-state index contributed by atoms with van der Waals surface area (Å²) in [6.45, 7) is 6.95. The summed E-state index contributed by atoms with van der Waals surface area (Å²) in [7, 11) is -3.52. The molecule has 1 aliphatic heterocycles. The van der Waals surface area contributed by atoms with Crippen LogP contribution in [0.15, 0.2) is 29.2 Å². The SMILES string of the molecule is CC(C)N1CCC(CNS(=O)(=O)c2ccccc2Cl)CC1. The molecule has 1 aromatic carbocycles. The van der Waals surface area contributed by atoms with Gasteiger partial charge in [0, 0.05) is 12.6 Å². The van der Waals surface area contributed by atoms with Gasteiger partial charge in [0.15, 0.2) is 0 Å². The fourth-order valence-corrected chi connectivity index (χ4v) is 4.27. The van der Waals surface area contributed by atoms with Gasteiger partial charge in [0.2, 0.25) is 10.0 Å². The predicted molar refractivity (Wildman–Crippen MR) is 86.1 cm³/mol. The molecule has 0 radical (unpaired) electrons. The summed E-state index contributed by atoms with van der Waals surface area (Å²) >= 11 is 5.96. The van der Waals surface area contributed by atoms with Gasteiger partial charge in [-0.1, -0.05) is 23.7 Å². The zero-order chi connectivity index (χ0) is 15.5. The summed E-state index contributed by atoms with van der Waals surface area (Å²) in [6, 6.07) is 7.10. The van der Waals surface area contributed by atoms with Gasteiger partial charge in [-0.25, -0.2) is 13.1 Å². The average molecular weight is 331 g/mol. The van der Waals surface area contributed by atoms with Crippen LogP contribution in [0.2, 0.25) is 5.02 Å². The minimum atomic E-state index is -3.52. The van der Waals surface area contributed by atoms with E-state index < -0.39 is 10.0 Å². The van der Waals surface area contributed by atoms with E-state index in [0.717, 1.165) is 25.9 Å². The lowest BCUT2D eigenvalue weighted by molar-refractivity contribution is 0.151. The van der Waals surface area contributed by atoms with Gasteiger partial charge in [-0.15, -0.1) is 0 Å². The number of rotatable bonds is 5. The van der Waals surface area contributed by atoms with E-state index in [2.05, 4.69) is 23.5 Å². The molecule has 0 amide bonds. The van der Waals surface area contributed by atoms with Crippen molar-refractivity contribution in [3.05, 3.63) is 29.3 Å². The maximum Gasteiger partial charge on any atom is 0.242 e. The molecule has 0 spiro atoms. The maximum absolute atomic E-state index is 12.3. The Balaban J connectivity index is 1.90. The lowest BCUT2D eigenvalue weighted by atomic mass is 9.96. The molecule has 1 saturated heterocycles. The van der Waals surface area contributed by atoms with Gasteiger partial charge in [0.1, 0.15) is 4.90 Å². The first-order chi connectivity index (χ1) is 9.90. The van der Waals surface area contributed by atoms with E-state index in [0.29, 0.717) is 18.5 Å². The molecule has 0 unspecified atom stereocenters. The molecule has 6 heteroatoms. The van der Waals surface area contributed by atoms with E-state index in [4.69, 9.17) is 11.6 Å². The highest BCUT2D eigenvalue weighted by Gasteiger charge is 2.23. The Kier molecular flexibility index (Phi) is 5.66. The highest BCUT2D eigenvalue weighted by Crippen LogP contribution is 2.22. The number of benzene rings is 1. The topological polar surface area (TPSA) is 49.4 Å². The molecule has 0 aromatic heterocycles. The Morgan fingerprint density at radius 2 is 1.90 bits per heavy atom. The van der Waals surface area contributed by atoms with Crippen molar-refractivity contribution in [3.8, 4) is 0 Å². The average Bonchev–Trinajstić information content (AvgIpc) is 2.46. The Bertz CT molecular complexity index is 567. The Hall–Kier alpha value is -0.620. The van der Waals surface area contributed by atoms with Crippen molar-refractivity contribution in [2.75, 3.05) is 19.6 Å². The number of likely N-dealkylation sites (tertiary alicyclic amines) is 1. The number of nitrogens with zero attached hydrogens (tertiary/aromatic N) is 1. The van der Waals surface area contributed by atoms with E-state index in [9.17, 15) is 8.42 Å². The van der Waals surface area contributed by atoms with Gasteiger partial charge in [0.05, 0.1) is 5.02 Å². The molecule has 1 N–H and O–H groups in total. The Morgan fingerprint density at radius 3 is 2.48 bits per heavy atom. The Morgan fingerprint density at radius 1 is 1.29 bits per heavy atom. The fraction of sp³-hybridized carbons (Fsp3) is 0.600. The third-order valence-electron chi connectivity index (χ3n) is 4.07. The van der Waals surface area contributed by atoms with Crippen LogP contribution in [0.1, 0.15) is 26.7 Å². The molecule has 1 aromatic rings. The first kappa shape index (κ1) is 16.7. The molecule has 2 rings (SSSR count). The summed E-state index contributed by atoms with van der Waals surface area (Å²) in [5.74, 6) is 0.400. The fourth-order valence-electron chi connectivity index (χ4n) is 2.64. The number of hydrogen-bond donors (Lipinski definition) is 1. The molecule has 0 saturated carbocycles. The highest BCUT2D eigenvalue weighted by molar-refractivity contribution is 7.89. The number of hydrogen-bond acceptors (Lipinski definition) is 3. The molecular formula is C15H23ClN2O2S. The monoisotopic (exact) mass is 330 g/mol. The van der Waals surface area contributed by atoms with Gasteiger partial charge < -0.3 is 4.90 Å². The lowest BCUT2D eigenvalue weighted by Crippen LogP contribution is -2.41. The van der Waals surface area contributed by atoms with Crippen LogP contribution in [0.25, 0.3) is 0 Å². The van der Waals surface area contributed by atoms with Crippen LogP contribution in [0.5, 0.6) is 0 Å². The minimum absolute atomic E-state index is 0.159. The van der Waals surface area contributed by atoms with Crippen LogP contribution >= 0.6 is 11.6 Å². The van der Waals surface area contributed by atoms with Gasteiger partial charge in [-0.2, -0.15) is 0 Å². The van der Waals surface area contributed by atoms with Crippen LogP contribution in [0.4, 0.5) is 0 Å². The van der Waals surface area contributed by atoms with Gasteiger partial charge in [-0.3, -0.25) is 0 Å². The van der Waals surface area contributed by atoms with Crippen molar-refractivity contribution in [1.82, 2.24) is 9.62 Å². The maximum atomic E-state index is 12.3. The molecule has 0 atom stereocenters. The van der Waals surface area contributed by atoms with E-state index in [1.807, 2.05) is 0 Å². The quantitative estimate of drug-likeness (QED) is 0.903. The van der Waals surface area contributed by atoms with Gasteiger partial charge in [0.25, 0.3) is 0 Å². The van der Waals surface area contributed by atoms with Crippen molar-refractivity contribution in [2.24, 2.45) is 5.92 Å². The molecule has 1 aliphatic rings. The first-order valence-electron chi connectivity index (χ1n) is 7.38. The third kappa shape index (κ3) is 4.42. The van der Waals surface area contributed by atoms with E-state index in [-0.39, 0.29) is 9.92 Å². The number of piperidine rings is 1. The number of halogens is 1. The summed E-state index contributed by atoms with van der Waals surface area (Å²) in [4.78, 5) is 2.59. The van der Waals surface area contributed by atoms with Crippen molar-refractivity contribution in [3.63, 3.8) is 0 Å². The largest absolute Gasteiger partial charge is 0.301 e. The van der Waals surface area contributed by atoms with E-state index >= 15 is 0 Å². The van der Waals surface area contributed by atoms with Gasteiger partial charge in [-0.05, 0) is 57.8 Å². The molecule has 1 heterocycles. The first-order valence-corrected chi connectivity index (χ1v) is 9.24. The van der Waals surface area contributed by atoms with Crippen LogP contribution in [-0.4, -0.2) is 39.0 Å².